The Morgan fingerprint density at radius 3 is 2.50 bits per heavy atom. The zero-order valence-corrected chi connectivity index (χ0v) is 13.3. The molecule has 0 amide bonds. The van der Waals surface area contributed by atoms with Gasteiger partial charge in [-0.1, -0.05) is 30.3 Å². The fourth-order valence-electron chi connectivity index (χ4n) is 2.75. The normalized spacial score (nSPS) is 16.3. The third kappa shape index (κ3) is 2.88. The molecule has 0 radical (unpaired) electrons. The molecule has 8 heteroatoms. The Labute approximate surface area is 138 Å². The average Bonchev–Trinajstić information content (AvgIpc) is 3.10. The van der Waals surface area contributed by atoms with Gasteiger partial charge in [0.1, 0.15) is 0 Å². The standard InChI is InChI=1S/C16H18N6O2/c1-11(12-5-3-2-4-6-12)17-15-16(22-7-9-23-10-8-22)19-14-13(18-15)20-24-21-14/h2-6,11H,7-10H2,1H3,(H,17,18,20)/t11-/m0/s1. The van der Waals surface area contributed by atoms with Crippen LogP contribution in [0.1, 0.15) is 18.5 Å². The van der Waals surface area contributed by atoms with Gasteiger partial charge in [-0.3, -0.25) is 0 Å². The van der Waals surface area contributed by atoms with Crippen LogP contribution in [-0.2, 0) is 4.74 Å². The van der Waals surface area contributed by atoms with Crippen molar-refractivity contribution in [2.45, 2.75) is 13.0 Å². The molecule has 0 unspecified atom stereocenters. The number of nitrogens with one attached hydrogen (secondary N) is 1. The van der Waals surface area contributed by atoms with E-state index in [1.807, 2.05) is 18.2 Å². The molecule has 0 bridgehead atoms. The van der Waals surface area contributed by atoms with Crippen LogP contribution in [0, 0.1) is 0 Å². The molecule has 1 saturated heterocycles. The minimum Gasteiger partial charge on any atom is -0.378 e. The summed E-state index contributed by atoms with van der Waals surface area (Å²) in [4.78, 5) is 11.3. The fourth-order valence-corrected chi connectivity index (χ4v) is 2.75. The molecule has 2 aromatic heterocycles. The first-order valence-electron chi connectivity index (χ1n) is 7.96. The van der Waals surface area contributed by atoms with Gasteiger partial charge in [0.25, 0.3) is 0 Å². The molecule has 0 aliphatic carbocycles. The number of hydrogen-bond acceptors (Lipinski definition) is 8. The lowest BCUT2D eigenvalue weighted by molar-refractivity contribution is 0.122. The number of morpholine rings is 1. The van der Waals surface area contributed by atoms with Crippen LogP contribution in [-0.4, -0.2) is 46.6 Å². The Kier molecular flexibility index (Phi) is 3.96. The SMILES string of the molecule is C[C@H](Nc1nc2nonc2nc1N1CCOCC1)c1ccccc1. The van der Waals surface area contributed by atoms with Crippen LogP contribution >= 0.6 is 0 Å². The van der Waals surface area contributed by atoms with Crippen LogP contribution in [0.15, 0.2) is 35.0 Å². The van der Waals surface area contributed by atoms with E-state index < -0.39 is 0 Å². The fraction of sp³-hybridized carbons (Fsp3) is 0.375. The van der Waals surface area contributed by atoms with E-state index in [0.717, 1.165) is 18.9 Å². The second-order valence-electron chi connectivity index (χ2n) is 5.68. The molecule has 8 nitrogen and oxygen atoms in total. The van der Waals surface area contributed by atoms with Gasteiger partial charge in [0.2, 0.25) is 11.3 Å². The van der Waals surface area contributed by atoms with E-state index in [4.69, 9.17) is 9.37 Å². The minimum absolute atomic E-state index is 0.0811. The highest BCUT2D eigenvalue weighted by Crippen LogP contribution is 2.28. The van der Waals surface area contributed by atoms with E-state index in [0.29, 0.717) is 30.3 Å². The van der Waals surface area contributed by atoms with Gasteiger partial charge in [0.05, 0.1) is 19.3 Å². The molecule has 1 fully saturated rings. The number of aromatic nitrogens is 4. The maximum atomic E-state index is 5.43. The molecule has 4 rings (SSSR count). The van der Waals surface area contributed by atoms with E-state index in [2.05, 4.69) is 49.6 Å². The molecule has 24 heavy (non-hydrogen) atoms. The zero-order valence-electron chi connectivity index (χ0n) is 13.3. The van der Waals surface area contributed by atoms with Gasteiger partial charge in [-0.2, -0.15) is 0 Å². The Morgan fingerprint density at radius 2 is 1.75 bits per heavy atom. The van der Waals surface area contributed by atoms with Crippen molar-refractivity contribution >= 4 is 22.9 Å². The van der Waals surface area contributed by atoms with E-state index in [-0.39, 0.29) is 6.04 Å². The minimum atomic E-state index is 0.0811. The molecular weight excluding hydrogens is 308 g/mol. The van der Waals surface area contributed by atoms with E-state index in [1.165, 1.54) is 5.56 Å². The summed E-state index contributed by atoms with van der Waals surface area (Å²) in [7, 11) is 0. The average molecular weight is 326 g/mol. The maximum Gasteiger partial charge on any atom is 0.245 e. The summed E-state index contributed by atoms with van der Waals surface area (Å²) in [6.45, 7) is 4.96. The van der Waals surface area contributed by atoms with E-state index in [9.17, 15) is 0 Å². The maximum absolute atomic E-state index is 5.43. The summed E-state index contributed by atoms with van der Waals surface area (Å²) in [6, 6.07) is 10.3. The molecule has 1 aromatic carbocycles. The Hall–Kier alpha value is -2.74. The monoisotopic (exact) mass is 326 g/mol. The zero-order chi connectivity index (χ0) is 16.4. The summed E-state index contributed by atoms with van der Waals surface area (Å²) in [5.74, 6) is 1.43. The first-order chi connectivity index (χ1) is 11.8. The Balaban J connectivity index is 1.69. The third-order valence-electron chi connectivity index (χ3n) is 4.06. The first kappa shape index (κ1) is 14.8. The van der Waals surface area contributed by atoms with Gasteiger partial charge in [-0.25, -0.2) is 14.6 Å². The molecular formula is C16H18N6O2. The lowest BCUT2D eigenvalue weighted by Crippen LogP contribution is -2.37. The summed E-state index contributed by atoms with van der Waals surface area (Å²) in [5.41, 5.74) is 1.98. The van der Waals surface area contributed by atoms with Crippen molar-refractivity contribution in [1.29, 1.82) is 0 Å². The number of rotatable bonds is 4. The number of nitrogens with zero attached hydrogens (tertiary/aromatic N) is 5. The number of hydrogen-bond donors (Lipinski definition) is 1. The van der Waals surface area contributed by atoms with Gasteiger partial charge in [0, 0.05) is 13.1 Å². The number of anilines is 2. The Bertz CT molecular complexity index is 816. The highest BCUT2D eigenvalue weighted by Gasteiger charge is 2.21. The molecule has 0 saturated carbocycles. The van der Waals surface area contributed by atoms with Crippen molar-refractivity contribution in [1.82, 2.24) is 20.3 Å². The predicted molar refractivity (Wildman–Crippen MR) is 88.9 cm³/mol. The van der Waals surface area contributed by atoms with Crippen LogP contribution in [0.3, 0.4) is 0 Å². The van der Waals surface area contributed by atoms with E-state index >= 15 is 0 Å². The molecule has 1 atom stereocenters. The van der Waals surface area contributed by atoms with Gasteiger partial charge >= 0.3 is 0 Å². The highest BCUT2D eigenvalue weighted by molar-refractivity contribution is 5.74. The van der Waals surface area contributed by atoms with Gasteiger partial charge in [0.15, 0.2) is 11.6 Å². The van der Waals surface area contributed by atoms with Crippen LogP contribution in [0.2, 0.25) is 0 Å². The number of benzene rings is 1. The van der Waals surface area contributed by atoms with Gasteiger partial charge in [-0.05, 0) is 22.8 Å². The summed E-state index contributed by atoms with van der Waals surface area (Å²) in [6.07, 6.45) is 0. The second kappa shape index (κ2) is 6.40. The highest BCUT2D eigenvalue weighted by atomic mass is 16.6. The molecule has 1 N–H and O–H groups in total. The Morgan fingerprint density at radius 1 is 1.04 bits per heavy atom. The predicted octanol–water partition coefficient (Wildman–Crippen LogP) is 2.02. The van der Waals surface area contributed by atoms with Crippen molar-refractivity contribution in [3.8, 4) is 0 Å². The smallest absolute Gasteiger partial charge is 0.245 e. The van der Waals surface area contributed by atoms with Crippen LogP contribution < -0.4 is 10.2 Å². The lowest BCUT2D eigenvalue weighted by atomic mass is 10.1. The molecule has 124 valence electrons. The topological polar surface area (TPSA) is 89.2 Å². The van der Waals surface area contributed by atoms with E-state index in [1.54, 1.807) is 0 Å². The number of fused-ring (bicyclic) bond motifs is 1. The lowest BCUT2D eigenvalue weighted by Gasteiger charge is -2.29. The van der Waals surface area contributed by atoms with Crippen molar-refractivity contribution in [2.24, 2.45) is 0 Å². The number of ether oxygens (including phenoxy) is 1. The molecule has 3 aromatic rings. The second-order valence-corrected chi connectivity index (χ2v) is 5.68. The quantitative estimate of drug-likeness (QED) is 0.779. The summed E-state index contributed by atoms with van der Waals surface area (Å²) in [5, 5.41) is 11.1. The summed E-state index contributed by atoms with van der Waals surface area (Å²) >= 11 is 0. The molecule has 0 spiro atoms. The van der Waals surface area contributed by atoms with Crippen molar-refractivity contribution in [3.63, 3.8) is 0 Å². The first-order valence-corrected chi connectivity index (χ1v) is 7.96. The van der Waals surface area contributed by atoms with Crippen molar-refractivity contribution < 1.29 is 9.37 Å². The van der Waals surface area contributed by atoms with Crippen LogP contribution in [0.25, 0.3) is 11.3 Å². The molecule has 1 aliphatic heterocycles. The third-order valence-corrected chi connectivity index (χ3v) is 4.06. The van der Waals surface area contributed by atoms with Crippen LogP contribution in [0.4, 0.5) is 11.6 Å². The van der Waals surface area contributed by atoms with Gasteiger partial charge < -0.3 is 15.0 Å². The molecule has 3 heterocycles. The van der Waals surface area contributed by atoms with Crippen molar-refractivity contribution in [3.05, 3.63) is 35.9 Å². The van der Waals surface area contributed by atoms with Gasteiger partial charge in [-0.15, -0.1) is 0 Å². The summed E-state index contributed by atoms with van der Waals surface area (Å²) < 4.78 is 10.2. The van der Waals surface area contributed by atoms with Crippen LogP contribution in [0.5, 0.6) is 0 Å². The largest absolute Gasteiger partial charge is 0.378 e. The van der Waals surface area contributed by atoms with Crippen molar-refractivity contribution in [2.75, 3.05) is 36.5 Å². The molecule has 1 aliphatic rings.